The molecule has 0 unspecified atom stereocenters. The van der Waals surface area contributed by atoms with Crippen LogP contribution >= 0.6 is 0 Å². The lowest BCUT2D eigenvalue weighted by molar-refractivity contribution is -0.137. The van der Waals surface area contributed by atoms with Gasteiger partial charge in [0.1, 0.15) is 6.04 Å². The first-order valence-electron chi connectivity index (χ1n) is 8.01. The van der Waals surface area contributed by atoms with E-state index in [1.54, 1.807) is 0 Å². The second-order valence-corrected chi connectivity index (χ2v) is 6.40. The quantitative estimate of drug-likeness (QED) is 0.874. The van der Waals surface area contributed by atoms with Gasteiger partial charge in [0.15, 0.2) is 0 Å². The second kappa shape index (κ2) is 6.50. The molecule has 0 fully saturated rings. The summed E-state index contributed by atoms with van der Waals surface area (Å²) in [6.07, 6.45) is 2.65. The normalized spacial score (nSPS) is 15.4. The number of amides is 1. The Hall–Kier alpha value is -2.20. The van der Waals surface area contributed by atoms with Crippen molar-refractivity contribution >= 4 is 5.91 Å². The first kappa shape index (κ1) is 15.7. The maximum Gasteiger partial charge on any atom is 0.244 e. The summed E-state index contributed by atoms with van der Waals surface area (Å²) in [6.45, 7) is 3.45. The van der Waals surface area contributed by atoms with Crippen LogP contribution in [0.15, 0.2) is 42.6 Å². The summed E-state index contributed by atoms with van der Waals surface area (Å²) < 4.78 is 0. The summed E-state index contributed by atoms with van der Waals surface area (Å²) in [6, 6.07) is 12.0. The van der Waals surface area contributed by atoms with E-state index in [9.17, 15) is 4.79 Å². The van der Waals surface area contributed by atoms with Crippen LogP contribution in [0.2, 0.25) is 0 Å². The Morgan fingerprint density at radius 3 is 2.65 bits per heavy atom. The maximum atomic E-state index is 13.1. The van der Waals surface area contributed by atoms with Gasteiger partial charge < -0.3 is 4.90 Å². The van der Waals surface area contributed by atoms with Crippen LogP contribution in [0.5, 0.6) is 0 Å². The molecule has 0 saturated carbocycles. The molecule has 23 heavy (non-hydrogen) atoms. The van der Waals surface area contributed by atoms with E-state index in [1.807, 2.05) is 36.2 Å². The highest BCUT2D eigenvalue weighted by Crippen LogP contribution is 2.25. The van der Waals surface area contributed by atoms with Crippen LogP contribution in [0.25, 0.3) is 0 Å². The number of fused-ring (bicyclic) bond motifs is 1. The molecular weight excluding hydrogens is 286 g/mol. The summed E-state index contributed by atoms with van der Waals surface area (Å²) in [5.74, 6) is 0.161. The molecule has 1 aromatic heterocycles. The van der Waals surface area contributed by atoms with E-state index in [0.717, 1.165) is 29.8 Å². The second-order valence-electron chi connectivity index (χ2n) is 6.40. The van der Waals surface area contributed by atoms with E-state index < -0.39 is 0 Å². The van der Waals surface area contributed by atoms with Gasteiger partial charge in [-0.15, -0.1) is 0 Å². The van der Waals surface area contributed by atoms with E-state index in [-0.39, 0.29) is 11.9 Å². The fourth-order valence-electron chi connectivity index (χ4n) is 3.14. The van der Waals surface area contributed by atoms with Crippen LogP contribution < -0.4 is 0 Å². The molecule has 1 amide bonds. The largest absolute Gasteiger partial charge is 0.336 e. The first-order valence-corrected chi connectivity index (χ1v) is 8.01. The molecule has 4 heteroatoms. The van der Waals surface area contributed by atoms with Crippen molar-refractivity contribution in [1.29, 1.82) is 0 Å². The molecule has 120 valence electrons. The van der Waals surface area contributed by atoms with E-state index in [1.165, 1.54) is 5.56 Å². The topological polar surface area (TPSA) is 36.4 Å². The number of carbonyl (C=O) groups excluding carboxylic acids is 1. The number of nitrogens with zero attached hydrogens (tertiary/aromatic N) is 3. The van der Waals surface area contributed by atoms with Gasteiger partial charge in [0.2, 0.25) is 5.91 Å². The summed E-state index contributed by atoms with van der Waals surface area (Å²) in [5.41, 5.74) is 4.53. The highest BCUT2D eigenvalue weighted by molar-refractivity contribution is 5.83. The molecule has 0 spiro atoms. The number of benzene rings is 1. The third-order valence-electron chi connectivity index (χ3n) is 4.42. The number of hydrogen-bond acceptors (Lipinski definition) is 3. The van der Waals surface area contributed by atoms with Gasteiger partial charge in [-0.05, 0) is 38.2 Å². The Balaban J connectivity index is 1.84. The minimum Gasteiger partial charge on any atom is -0.336 e. The van der Waals surface area contributed by atoms with Gasteiger partial charge in [-0.2, -0.15) is 0 Å². The summed E-state index contributed by atoms with van der Waals surface area (Å²) in [4.78, 5) is 21.5. The monoisotopic (exact) mass is 309 g/mol. The number of aromatic nitrogens is 1. The van der Waals surface area contributed by atoms with Crippen LogP contribution in [0.3, 0.4) is 0 Å². The van der Waals surface area contributed by atoms with Crippen molar-refractivity contribution in [3.8, 4) is 0 Å². The number of pyridine rings is 1. The van der Waals surface area contributed by atoms with Crippen molar-refractivity contribution in [3.05, 3.63) is 65.0 Å². The molecule has 1 atom stereocenters. The third kappa shape index (κ3) is 3.27. The average molecular weight is 309 g/mol. The molecular formula is C19H23N3O. The van der Waals surface area contributed by atoms with E-state index >= 15 is 0 Å². The van der Waals surface area contributed by atoms with Crippen molar-refractivity contribution in [1.82, 2.24) is 14.8 Å². The van der Waals surface area contributed by atoms with Gasteiger partial charge in [-0.1, -0.05) is 35.9 Å². The predicted octanol–water partition coefficient (Wildman–Crippen LogP) is 2.58. The maximum absolute atomic E-state index is 13.1. The zero-order valence-corrected chi connectivity index (χ0v) is 14.0. The molecule has 4 nitrogen and oxygen atoms in total. The molecule has 0 bridgehead atoms. The predicted molar refractivity (Wildman–Crippen MR) is 91.0 cm³/mol. The lowest BCUT2D eigenvalue weighted by Crippen LogP contribution is -2.43. The lowest BCUT2D eigenvalue weighted by Gasteiger charge is -2.34. The van der Waals surface area contributed by atoms with Crippen molar-refractivity contribution in [2.45, 2.75) is 25.9 Å². The van der Waals surface area contributed by atoms with Crippen LogP contribution in [0, 0.1) is 6.92 Å². The van der Waals surface area contributed by atoms with Crippen LogP contribution in [-0.2, 0) is 17.8 Å². The zero-order chi connectivity index (χ0) is 16.4. The molecule has 2 aromatic rings. The van der Waals surface area contributed by atoms with Gasteiger partial charge in [-0.25, -0.2) is 0 Å². The van der Waals surface area contributed by atoms with E-state index in [0.29, 0.717) is 6.54 Å². The van der Waals surface area contributed by atoms with E-state index in [4.69, 9.17) is 0 Å². The molecule has 0 radical (unpaired) electrons. The Labute approximate surface area is 137 Å². The number of aryl methyl sites for hydroxylation is 1. The molecule has 0 N–H and O–H groups in total. The van der Waals surface area contributed by atoms with Crippen LogP contribution in [0.1, 0.15) is 28.4 Å². The fourth-order valence-corrected chi connectivity index (χ4v) is 3.14. The van der Waals surface area contributed by atoms with Gasteiger partial charge in [0, 0.05) is 31.4 Å². The molecule has 1 aromatic carbocycles. The number of carbonyl (C=O) groups is 1. The van der Waals surface area contributed by atoms with Crippen molar-refractivity contribution in [2.24, 2.45) is 0 Å². The van der Waals surface area contributed by atoms with E-state index in [2.05, 4.69) is 42.2 Å². The minimum absolute atomic E-state index is 0.161. The molecule has 3 rings (SSSR count). The zero-order valence-electron chi connectivity index (χ0n) is 14.0. The Morgan fingerprint density at radius 2 is 1.96 bits per heavy atom. The van der Waals surface area contributed by atoms with Crippen molar-refractivity contribution in [2.75, 3.05) is 20.6 Å². The van der Waals surface area contributed by atoms with Gasteiger partial charge in [-0.3, -0.25) is 14.7 Å². The smallest absolute Gasteiger partial charge is 0.244 e. The molecule has 1 aliphatic heterocycles. The SMILES string of the molecule is Cc1ccc([C@H](C(=O)N2CCc3ncccc3C2)N(C)C)cc1. The molecule has 0 saturated heterocycles. The first-order chi connectivity index (χ1) is 11.1. The van der Waals surface area contributed by atoms with Crippen LogP contribution in [0.4, 0.5) is 0 Å². The third-order valence-corrected chi connectivity index (χ3v) is 4.42. The standard InChI is InChI=1S/C19H23N3O/c1-14-6-8-15(9-7-14)18(21(2)3)19(23)22-12-10-17-16(13-22)5-4-11-20-17/h4-9,11,18H,10,12-13H2,1-3H3/t18-/m1/s1. The Bertz CT molecular complexity index is 694. The van der Waals surface area contributed by atoms with Gasteiger partial charge >= 0.3 is 0 Å². The summed E-state index contributed by atoms with van der Waals surface area (Å²) >= 11 is 0. The van der Waals surface area contributed by atoms with Gasteiger partial charge in [0.05, 0.1) is 0 Å². The molecule has 1 aliphatic rings. The Kier molecular flexibility index (Phi) is 4.44. The number of rotatable bonds is 3. The highest BCUT2D eigenvalue weighted by Gasteiger charge is 2.30. The van der Waals surface area contributed by atoms with Crippen LogP contribution in [-0.4, -0.2) is 41.3 Å². The number of likely N-dealkylation sites (N-methyl/N-ethyl adjacent to an activating group) is 1. The van der Waals surface area contributed by atoms with Crippen molar-refractivity contribution in [3.63, 3.8) is 0 Å². The van der Waals surface area contributed by atoms with Gasteiger partial charge in [0.25, 0.3) is 0 Å². The molecule has 0 aliphatic carbocycles. The fraction of sp³-hybridized carbons (Fsp3) is 0.368. The summed E-state index contributed by atoms with van der Waals surface area (Å²) in [5, 5.41) is 0. The minimum atomic E-state index is -0.242. The Morgan fingerprint density at radius 1 is 1.22 bits per heavy atom. The highest BCUT2D eigenvalue weighted by atomic mass is 16.2. The average Bonchev–Trinajstić information content (AvgIpc) is 2.56. The lowest BCUT2D eigenvalue weighted by atomic mass is 10.0. The number of hydrogen-bond donors (Lipinski definition) is 0. The summed E-state index contributed by atoms with van der Waals surface area (Å²) in [7, 11) is 3.92. The van der Waals surface area contributed by atoms with Crippen molar-refractivity contribution < 1.29 is 4.79 Å². The molecule has 2 heterocycles.